The van der Waals surface area contributed by atoms with Gasteiger partial charge in [-0.15, -0.1) is 0 Å². The summed E-state index contributed by atoms with van der Waals surface area (Å²) in [5.74, 6) is 1.16. The minimum Gasteiger partial charge on any atom is -0.508 e. The highest BCUT2D eigenvalue weighted by atomic mass is 16.6. The Kier molecular flexibility index (Phi) is 5.81. The highest BCUT2D eigenvalue weighted by molar-refractivity contribution is 5.84. The SMILES string of the molecule is CN(C)C(Cc1ccc(O)cc1)C(=O)OC12CC3C[C@H](C1)CC([C@H](N)C(=O)N1C4CC4C[C@H]1C#N)(C3)C2. The number of nitrogens with two attached hydrogens (primary N) is 1. The van der Waals surface area contributed by atoms with Crippen LogP contribution < -0.4 is 5.73 Å². The number of hydrogen-bond acceptors (Lipinski definition) is 7. The Morgan fingerprint density at radius 2 is 1.84 bits per heavy atom. The Balaban J connectivity index is 1.21. The maximum atomic E-state index is 13.7. The first-order valence-electron chi connectivity index (χ1n) is 13.8. The number of piperidine rings is 1. The summed E-state index contributed by atoms with van der Waals surface area (Å²) in [6.07, 6.45) is 7.48. The molecule has 6 fully saturated rings. The number of phenols is 1. The fourth-order valence-electron chi connectivity index (χ4n) is 8.66. The average Bonchev–Trinajstić information content (AvgIpc) is 3.50. The van der Waals surface area contributed by atoms with E-state index in [0.29, 0.717) is 30.6 Å². The van der Waals surface area contributed by atoms with Crippen LogP contribution in [0.4, 0.5) is 0 Å². The van der Waals surface area contributed by atoms with Crippen molar-refractivity contribution in [2.45, 2.75) is 87.6 Å². The molecule has 7 rings (SSSR count). The average molecular weight is 507 g/mol. The van der Waals surface area contributed by atoms with Crippen LogP contribution in [-0.2, 0) is 20.7 Å². The van der Waals surface area contributed by atoms with E-state index in [-0.39, 0.29) is 35.1 Å². The largest absolute Gasteiger partial charge is 0.508 e. The van der Waals surface area contributed by atoms with Gasteiger partial charge in [0.2, 0.25) is 5.91 Å². The number of nitrogens with zero attached hydrogens (tertiary/aromatic N) is 3. The smallest absolute Gasteiger partial charge is 0.324 e. The molecule has 1 aromatic carbocycles. The zero-order valence-corrected chi connectivity index (χ0v) is 21.8. The first-order valence-corrected chi connectivity index (χ1v) is 13.8. The van der Waals surface area contributed by atoms with Crippen LogP contribution in [0.1, 0.15) is 56.9 Å². The van der Waals surface area contributed by atoms with Crippen molar-refractivity contribution in [3.8, 4) is 11.8 Å². The summed E-state index contributed by atoms with van der Waals surface area (Å²) in [6, 6.07) is 7.98. The van der Waals surface area contributed by atoms with Crippen LogP contribution in [0.25, 0.3) is 0 Å². The molecule has 6 aliphatic rings. The molecule has 1 heterocycles. The number of rotatable bonds is 7. The van der Waals surface area contributed by atoms with E-state index in [1.165, 1.54) is 0 Å². The first kappa shape index (κ1) is 24.7. The summed E-state index contributed by atoms with van der Waals surface area (Å²) in [4.78, 5) is 31.1. The Bertz CT molecular complexity index is 1110. The first-order chi connectivity index (χ1) is 17.6. The monoisotopic (exact) mass is 506 g/mol. The van der Waals surface area contributed by atoms with Gasteiger partial charge in [0, 0.05) is 6.04 Å². The molecule has 1 aliphatic heterocycles. The summed E-state index contributed by atoms with van der Waals surface area (Å²) >= 11 is 0. The molecule has 4 bridgehead atoms. The number of likely N-dealkylation sites (N-methyl/N-ethyl adjacent to an activating group) is 1. The number of phenolic OH excluding ortho intramolecular Hbond substituents is 1. The fourth-order valence-corrected chi connectivity index (χ4v) is 8.66. The molecule has 198 valence electrons. The van der Waals surface area contributed by atoms with Crippen molar-refractivity contribution in [1.29, 1.82) is 5.26 Å². The summed E-state index contributed by atoms with van der Waals surface area (Å²) in [5.41, 5.74) is 6.84. The van der Waals surface area contributed by atoms with Crippen molar-refractivity contribution in [2.24, 2.45) is 28.9 Å². The second-order valence-electron chi connectivity index (χ2n) is 12.9. The molecule has 8 nitrogen and oxygen atoms in total. The van der Waals surface area contributed by atoms with Gasteiger partial charge >= 0.3 is 5.97 Å². The third kappa shape index (κ3) is 4.21. The second-order valence-corrected chi connectivity index (χ2v) is 12.9. The van der Waals surface area contributed by atoms with E-state index in [0.717, 1.165) is 50.5 Å². The van der Waals surface area contributed by atoms with Gasteiger partial charge in [0.25, 0.3) is 0 Å². The molecular weight excluding hydrogens is 468 g/mol. The lowest BCUT2D eigenvalue weighted by Gasteiger charge is -2.62. The number of aromatic hydroxyl groups is 1. The van der Waals surface area contributed by atoms with E-state index in [4.69, 9.17) is 10.5 Å². The Hall–Kier alpha value is -2.63. The van der Waals surface area contributed by atoms with Crippen LogP contribution in [0, 0.1) is 34.5 Å². The molecule has 5 aliphatic carbocycles. The van der Waals surface area contributed by atoms with Gasteiger partial charge in [-0.2, -0.15) is 5.26 Å². The molecule has 1 aromatic rings. The van der Waals surface area contributed by atoms with Crippen molar-refractivity contribution in [1.82, 2.24) is 9.80 Å². The predicted octanol–water partition coefficient (Wildman–Crippen LogP) is 2.59. The van der Waals surface area contributed by atoms with E-state index in [9.17, 15) is 20.0 Å². The molecule has 3 N–H and O–H groups in total. The van der Waals surface area contributed by atoms with Crippen LogP contribution in [0.15, 0.2) is 24.3 Å². The summed E-state index contributed by atoms with van der Waals surface area (Å²) < 4.78 is 6.46. The third-order valence-electron chi connectivity index (χ3n) is 10.1. The van der Waals surface area contributed by atoms with Gasteiger partial charge in [0.15, 0.2) is 0 Å². The Labute approximate surface area is 218 Å². The third-order valence-corrected chi connectivity index (χ3v) is 10.1. The minimum atomic E-state index is -0.659. The van der Waals surface area contributed by atoms with E-state index in [1.807, 2.05) is 31.1 Å². The molecule has 1 amide bonds. The highest BCUT2D eigenvalue weighted by Crippen LogP contribution is 2.64. The van der Waals surface area contributed by atoms with Gasteiger partial charge in [0.1, 0.15) is 23.4 Å². The highest BCUT2D eigenvalue weighted by Gasteiger charge is 2.64. The molecule has 9 atom stereocenters. The van der Waals surface area contributed by atoms with E-state index < -0.39 is 17.7 Å². The minimum absolute atomic E-state index is 0.0709. The lowest BCUT2D eigenvalue weighted by atomic mass is 9.46. The van der Waals surface area contributed by atoms with E-state index in [1.54, 1.807) is 17.0 Å². The van der Waals surface area contributed by atoms with Crippen molar-refractivity contribution < 1.29 is 19.4 Å². The van der Waals surface area contributed by atoms with Crippen molar-refractivity contribution in [3.63, 3.8) is 0 Å². The van der Waals surface area contributed by atoms with Gasteiger partial charge in [-0.05, 0) is 113 Å². The molecule has 1 saturated heterocycles. The van der Waals surface area contributed by atoms with Gasteiger partial charge in [-0.3, -0.25) is 14.5 Å². The quantitative estimate of drug-likeness (QED) is 0.546. The molecule has 8 heteroatoms. The normalized spacial score (nSPS) is 38.7. The maximum Gasteiger partial charge on any atom is 0.324 e. The number of carbonyl (C=O) groups excluding carboxylic acids is 2. The van der Waals surface area contributed by atoms with Crippen molar-refractivity contribution in [2.75, 3.05) is 14.1 Å². The number of esters is 1. The molecule has 5 saturated carbocycles. The van der Waals surface area contributed by atoms with Crippen molar-refractivity contribution >= 4 is 11.9 Å². The van der Waals surface area contributed by atoms with Gasteiger partial charge in [-0.1, -0.05) is 12.1 Å². The molecule has 0 spiro atoms. The summed E-state index contributed by atoms with van der Waals surface area (Å²) in [5, 5.41) is 19.3. The van der Waals surface area contributed by atoms with Gasteiger partial charge < -0.3 is 20.5 Å². The second kappa shape index (κ2) is 8.71. The number of carbonyl (C=O) groups is 2. The summed E-state index contributed by atoms with van der Waals surface area (Å²) in [6.45, 7) is 0. The number of likely N-dealkylation sites (tertiary alicyclic amines) is 1. The van der Waals surface area contributed by atoms with Crippen LogP contribution >= 0.6 is 0 Å². The topological polar surface area (TPSA) is 120 Å². The predicted molar refractivity (Wildman–Crippen MR) is 136 cm³/mol. The number of hydrogen-bond donors (Lipinski definition) is 2. The van der Waals surface area contributed by atoms with Crippen molar-refractivity contribution in [3.05, 3.63) is 29.8 Å². The number of ether oxygens (including phenoxy) is 1. The standard InChI is InChI=1S/C29H38N4O4/c1-32(2)24(8-17-3-5-22(34)6-4-17)27(36)37-29-13-18-7-19(14-29)12-28(11-18,16-29)25(31)26(35)33-21(15-30)9-20-10-23(20)33/h3-6,18-21,23-25,34H,7-14,16,31H2,1-2H3/t18-,19?,20?,21-,23?,24?,25+,28?,29?/m0/s1. The molecule has 6 unspecified atom stereocenters. The Morgan fingerprint density at radius 3 is 2.46 bits per heavy atom. The molecule has 0 aromatic heterocycles. The van der Waals surface area contributed by atoms with Crippen LogP contribution in [0.2, 0.25) is 0 Å². The van der Waals surface area contributed by atoms with E-state index >= 15 is 0 Å². The maximum absolute atomic E-state index is 13.7. The lowest BCUT2D eigenvalue weighted by molar-refractivity contribution is -0.209. The lowest BCUT2D eigenvalue weighted by Crippen LogP contribution is -2.66. The molecule has 37 heavy (non-hydrogen) atoms. The van der Waals surface area contributed by atoms with Gasteiger partial charge in [0.05, 0.1) is 12.1 Å². The number of benzene rings is 1. The Morgan fingerprint density at radius 1 is 1.16 bits per heavy atom. The van der Waals surface area contributed by atoms with E-state index in [2.05, 4.69) is 6.07 Å². The van der Waals surface area contributed by atoms with Crippen LogP contribution in [0.5, 0.6) is 5.75 Å². The van der Waals surface area contributed by atoms with Crippen LogP contribution in [-0.4, -0.2) is 70.6 Å². The van der Waals surface area contributed by atoms with Crippen LogP contribution in [0.3, 0.4) is 0 Å². The zero-order valence-electron chi connectivity index (χ0n) is 21.8. The number of amides is 1. The molecule has 0 radical (unpaired) electrons. The fraction of sp³-hybridized carbons (Fsp3) is 0.690. The number of fused-ring (bicyclic) bond motifs is 1. The van der Waals surface area contributed by atoms with Gasteiger partial charge in [-0.25, -0.2) is 0 Å². The molecular formula is C29H38N4O4. The zero-order chi connectivity index (χ0) is 26.1. The number of nitriles is 1. The summed E-state index contributed by atoms with van der Waals surface area (Å²) in [7, 11) is 3.77.